The Kier molecular flexibility index (Phi) is 5.29. The number of benzene rings is 2. The highest BCUT2D eigenvalue weighted by Crippen LogP contribution is 2.42. The average molecular weight is 401 g/mol. The molecule has 1 aromatic heterocycles. The molecular weight excluding hydrogens is 372 g/mol. The van der Waals surface area contributed by atoms with Gasteiger partial charge in [-0.3, -0.25) is 14.4 Å². The number of primary amides is 1. The standard InChI is InChI=1S/C23H22N4O.C2H6/c1-13-5-3-4-6-17(13)20-18-11-16(15-7-8-15)9-10-19(18)27-12-25-21(23(24)28)22(27)14(2)26-20;1-2/h3-6,9-12,14-15H,7-8H2,1-2H3,(H2,24,28);1-2H3. The summed E-state index contributed by atoms with van der Waals surface area (Å²) in [6, 6.07) is 14.7. The zero-order valence-electron chi connectivity index (χ0n) is 18.0. The smallest absolute Gasteiger partial charge is 0.269 e. The third-order valence-corrected chi connectivity index (χ3v) is 5.74. The Hall–Kier alpha value is -3.21. The number of carbonyl (C=O) groups excluding carboxylic acids is 1. The molecule has 30 heavy (non-hydrogen) atoms. The van der Waals surface area contributed by atoms with Gasteiger partial charge in [0.15, 0.2) is 5.69 Å². The van der Waals surface area contributed by atoms with Gasteiger partial charge in [0.25, 0.3) is 5.91 Å². The summed E-state index contributed by atoms with van der Waals surface area (Å²) in [6.07, 6.45) is 4.18. The van der Waals surface area contributed by atoms with Crippen molar-refractivity contribution in [1.82, 2.24) is 9.55 Å². The van der Waals surface area contributed by atoms with Crippen LogP contribution in [0.25, 0.3) is 5.69 Å². The van der Waals surface area contributed by atoms with E-state index >= 15 is 0 Å². The highest BCUT2D eigenvalue weighted by Gasteiger charge is 2.30. The Bertz CT molecular complexity index is 1140. The third-order valence-electron chi connectivity index (χ3n) is 5.74. The van der Waals surface area contributed by atoms with E-state index in [1.165, 1.54) is 24.0 Å². The minimum absolute atomic E-state index is 0.239. The molecule has 1 amide bonds. The Morgan fingerprint density at radius 3 is 2.50 bits per heavy atom. The molecule has 2 N–H and O–H groups in total. The van der Waals surface area contributed by atoms with E-state index in [9.17, 15) is 4.79 Å². The Balaban J connectivity index is 0.00000106. The molecule has 0 radical (unpaired) electrons. The van der Waals surface area contributed by atoms with E-state index in [1.807, 2.05) is 37.5 Å². The zero-order valence-corrected chi connectivity index (χ0v) is 18.0. The summed E-state index contributed by atoms with van der Waals surface area (Å²) in [4.78, 5) is 21.3. The number of aromatic nitrogens is 2. The quantitative estimate of drug-likeness (QED) is 0.664. The van der Waals surface area contributed by atoms with Crippen molar-refractivity contribution in [3.05, 3.63) is 82.4 Å². The third kappa shape index (κ3) is 3.34. The SMILES string of the molecule is CC.Cc1ccccc1C1=NC(C)c2c(C(N)=O)ncn2-c2ccc(C3CC3)cc21. The van der Waals surface area contributed by atoms with E-state index < -0.39 is 5.91 Å². The molecule has 3 aromatic rings. The molecule has 1 saturated carbocycles. The lowest BCUT2D eigenvalue weighted by molar-refractivity contribution is 0.0994. The number of rotatable bonds is 3. The number of amides is 1. The van der Waals surface area contributed by atoms with Crippen LogP contribution in [-0.4, -0.2) is 21.2 Å². The summed E-state index contributed by atoms with van der Waals surface area (Å²) in [5, 5.41) is 0. The van der Waals surface area contributed by atoms with Gasteiger partial charge >= 0.3 is 0 Å². The topological polar surface area (TPSA) is 73.3 Å². The van der Waals surface area contributed by atoms with Crippen LogP contribution in [0.2, 0.25) is 0 Å². The van der Waals surface area contributed by atoms with Gasteiger partial charge in [0.2, 0.25) is 0 Å². The zero-order chi connectivity index (χ0) is 21.4. The average Bonchev–Trinajstić information content (AvgIpc) is 3.52. The van der Waals surface area contributed by atoms with Gasteiger partial charge in [-0.2, -0.15) is 0 Å². The molecule has 5 heteroatoms. The summed E-state index contributed by atoms with van der Waals surface area (Å²) in [5.74, 6) is 0.124. The molecule has 154 valence electrons. The van der Waals surface area contributed by atoms with Crippen LogP contribution in [0.4, 0.5) is 0 Å². The van der Waals surface area contributed by atoms with Crippen LogP contribution in [-0.2, 0) is 0 Å². The summed E-state index contributed by atoms with van der Waals surface area (Å²) in [7, 11) is 0. The maximum atomic E-state index is 12.0. The number of imidazole rings is 1. The summed E-state index contributed by atoms with van der Waals surface area (Å²) in [6.45, 7) is 8.10. The van der Waals surface area contributed by atoms with Gasteiger partial charge < -0.3 is 5.73 Å². The first-order valence-electron chi connectivity index (χ1n) is 10.7. The number of aryl methyl sites for hydroxylation is 1. The first-order valence-corrected chi connectivity index (χ1v) is 10.7. The Morgan fingerprint density at radius 2 is 1.83 bits per heavy atom. The summed E-state index contributed by atoms with van der Waals surface area (Å²) < 4.78 is 1.98. The van der Waals surface area contributed by atoms with Crippen molar-refractivity contribution in [2.75, 3.05) is 0 Å². The van der Waals surface area contributed by atoms with Gasteiger partial charge in [-0.05, 0) is 55.9 Å². The van der Waals surface area contributed by atoms with Crippen LogP contribution >= 0.6 is 0 Å². The number of nitrogens with zero attached hydrogens (tertiary/aromatic N) is 3. The number of hydrogen-bond acceptors (Lipinski definition) is 3. The molecule has 5 nitrogen and oxygen atoms in total. The minimum Gasteiger partial charge on any atom is -0.364 e. The second-order valence-corrected chi connectivity index (χ2v) is 7.73. The number of carbonyl (C=O) groups is 1. The second kappa shape index (κ2) is 7.90. The van der Waals surface area contributed by atoms with Crippen LogP contribution in [0.5, 0.6) is 0 Å². The maximum Gasteiger partial charge on any atom is 0.269 e. The molecule has 2 heterocycles. The van der Waals surface area contributed by atoms with Gasteiger partial charge in [-0.1, -0.05) is 44.2 Å². The van der Waals surface area contributed by atoms with Crippen molar-refractivity contribution < 1.29 is 4.79 Å². The van der Waals surface area contributed by atoms with Crippen LogP contribution in [0, 0.1) is 6.92 Å². The molecule has 0 bridgehead atoms. The van der Waals surface area contributed by atoms with Gasteiger partial charge in [0.1, 0.15) is 6.33 Å². The molecule has 1 aliphatic heterocycles. The van der Waals surface area contributed by atoms with Crippen molar-refractivity contribution >= 4 is 11.6 Å². The largest absolute Gasteiger partial charge is 0.364 e. The molecular formula is C25H28N4O. The van der Waals surface area contributed by atoms with Crippen LogP contribution < -0.4 is 5.73 Å². The van der Waals surface area contributed by atoms with Gasteiger partial charge in [0, 0.05) is 11.1 Å². The number of aliphatic imine (C=N–C) groups is 1. The van der Waals surface area contributed by atoms with Gasteiger partial charge in [-0.15, -0.1) is 0 Å². The molecule has 1 aliphatic carbocycles. The summed E-state index contributed by atoms with van der Waals surface area (Å²) in [5.41, 5.74) is 13.3. The van der Waals surface area contributed by atoms with E-state index in [0.29, 0.717) is 11.6 Å². The lowest BCUT2D eigenvalue weighted by Gasteiger charge is -2.15. The first-order chi connectivity index (χ1) is 14.5. The molecule has 5 rings (SSSR count). The first kappa shape index (κ1) is 20.1. The highest BCUT2D eigenvalue weighted by molar-refractivity contribution is 6.16. The van der Waals surface area contributed by atoms with Crippen LogP contribution in [0.1, 0.15) is 84.0 Å². The van der Waals surface area contributed by atoms with E-state index in [0.717, 1.165) is 28.2 Å². The minimum atomic E-state index is -0.522. The van der Waals surface area contributed by atoms with Gasteiger partial charge in [0.05, 0.1) is 23.1 Å². The fourth-order valence-electron chi connectivity index (χ4n) is 4.14. The second-order valence-electron chi connectivity index (χ2n) is 7.73. The van der Waals surface area contributed by atoms with Crippen LogP contribution in [0.15, 0.2) is 53.8 Å². The molecule has 1 atom stereocenters. The number of nitrogens with two attached hydrogens (primary N) is 1. The molecule has 2 aliphatic rings. The van der Waals surface area contributed by atoms with Crippen molar-refractivity contribution in [3.63, 3.8) is 0 Å². The van der Waals surface area contributed by atoms with E-state index in [4.69, 9.17) is 10.7 Å². The lowest BCUT2D eigenvalue weighted by Crippen LogP contribution is -2.15. The van der Waals surface area contributed by atoms with Crippen molar-refractivity contribution in [1.29, 1.82) is 0 Å². The van der Waals surface area contributed by atoms with Gasteiger partial charge in [-0.25, -0.2) is 4.98 Å². The lowest BCUT2D eigenvalue weighted by atomic mass is 9.94. The van der Waals surface area contributed by atoms with E-state index in [1.54, 1.807) is 6.33 Å². The van der Waals surface area contributed by atoms with E-state index in [2.05, 4.69) is 42.2 Å². The molecule has 2 aromatic carbocycles. The molecule has 1 fully saturated rings. The fraction of sp³-hybridized carbons (Fsp3) is 0.320. The fourth-order valence-corrected chi connectivity index (χ4v) is 4.14. The van der Waals surface area contributed by atoms with Crippen molar-refractivity contribution in [3.8, 4) is 5.69 Å². The number of hydrogen-bond donors (Lipinski definition) is 1. The predicted molar refractivity (Wildman–Crippen MR) is 121 cm³/mol. The predicted octanol–water partition coefficient (Wildman–Crippen LogP) is 5.10. The molecule has 0 spiro atoms. The highest BCUT2D eigenvalue weighted by atomic mass is 16.1. The van der Waals surface area contributed by atoms with Crippen molar-refractivity contribution in [2.24, 2.45) is 10.7 Å². The Morgan fingerprint density at radius 1 is 1.10 bits per heavy atom. The summed E-state index contributed by atoms with van der Waals surface area (Å²) >= 11 is 0. The number of fused-ring (bicyclic) bond motifs is 3. The molecule has 0 saturated heterocycles. The molecule has 1 unspecified atom stereocenters. The monoisotopic (exact) mass is 400 g/mol. The normalized spacial score (nSPS) is 17.1. The van der Waals surface area contributed by atoms with Crippen molar-refractivity contribution in [2.45, 2.75) is 52.5 Å². The Labute approximate surface area is 177 Å². The van der Waals surface area contributed by atoms with E-state index in [-0.39, 0.29) is 6.04 Å². The van der Waals surface area contributed by atoms with Crippen LogP contribution in [0.3, 0.4) is 0 Å². The maximum absolute atomic E-state index is 12.0.